The van der Waals surface area contributed by atoms with E-state index in [1.165, 1.54) is 0 Å². The molecule has 1 fully saturated rings. The highest BCUT2D eigenvalue weighted by Crippen LogP contribution is 2.21. The Bertz CT molecular complexity index is 775. The van der Waals surface area contributed by atoms with E-state index in [1.807, 2.05) is 50.2 Å². The first-order valence-electron chi connectivity index (χ1n) is 9.78. The predicted molar refractivity (Wildman–Crippen MR) is 112 cm³/mol. The molecule has 150 valence electrons. The number of aryl methyl sites for hydroxylation is 1. The van der Waals surface area contributed by atoms with Gasteiger partial charge in [0.15, 0.2) is 0 Å². The average molecular weight is 383 g/mol. The van der Waals surface area contributed by atoms with Crippen LogP contribution in [0.3, 0.4) is 0 Å². The van der Waals surface area contributed by atoms with Gasteiger partial charge in [-0.15, -0.1) is 0 Å². The zero-order chi connectivity index (χ0) is 19.8. The molecule has 6 nitrogen and oxygen atoms in total. The number of benzene rings is 2. The van der Waals surface area contributed by atoms with Crippen LogP contribution in [0.5, 0.6) is 5.75 Å². The summed E-state index contributed by atoms with van der Waals surface area (Å²) in [4.78, 5) is 14.6. The first-order valence-corrected chi connectivity index (χ1v) is 9.78. The van der Waals surface area contributed by atoms with Gasteiger partial charge in [-0.2, -0.15) is 0 Å². The van der Waals surface area contributed by atoms with E-state index >= 15 is 0 Å². The summed E-state index contributed by atoms with van der Waals surface area (Å²) in [5, 5.41) is 6.19. The van der Waals surface area contributed by atoms with E-state index in [1.54, 1.807) is 0 Å². The Morgan fingerprint density at radius 1 is 1.18 bits per heavy atom. The average Bonchev–Trinajstić information content (AvgIpc) is 2.72. The Morgan fingerprint density at radius 3 is 2.75 bits per heavy atom. The number of hydrogen-bond donors (Lipinski definition) is 2. The van der Waals surface area contributed by atoms with Crippen LogP contribution in [0.4, 0.5) is 11.4 Å². The minimum Gasteiger partial charge on any atom is -0.492 e. The van der Waals surface area contributed by atoms with Crippen LogP contribution in [-0.4, -0.2) is 51.4 Å². The molecule has 3 rings (SSSR count). The molecule has 1 atom stereocenters. The van der Waals surface area contributed by atoms with Crippen LogP contribution in [0.25, 0.3) is 0 Å². The van der Waals surface area contributed by atoms with Crippen LogP contribution in [0.2, 0.25) is 0 Å². The minimum atomic E-state index is -0.334. The van der Waals surface area contributed by atoms with Gasteiger partial charge in [0.1, 0.15) is 18.4 Å². The van der Waals surface area contributed by atoms with Crippen molar-refractivity contribution in [3.05, 3.63) is 54.1 Å². The van der Waals surface area contributed by atoms with Crippen molar-refractivity contribution in [1.29, 1.82) is 0 Å². The highest BCUT2D eigenvalue weighted by molar-refractivity contribution is 5.84. The third-order valence-electron chi connectivity index (χ3n) is 4.66. The maximum atomic E-state index is 12.3. The van der Waals surface area contributed by atoms with E-state index in [-0.39, 0.29) is 11.9 Å². The van der Waals surface area contributed by atoms with Gasteiger partial charge < -0.3 is 25.0 Å². The Kier molecular flexibility index (Phi) is 7.14. The molecule has 0 aromatic heterocycles. The summed E-state index contributed by atoms with van der Waals surface area (Å²) in [6.45, 7) is 8.07. The molecule has 2 N–H and O–H groups in total. The van der Waals surface area contributed by atoms with E-state index in [0.29, 0.717) is 13.2 Å². The molecular weight excluding hydrogens is 354 g/mol. The van der Waals surface area contributed by atoms with Gasteiger partial charge in [0.05, 0.1) is 19.8 Å². The normalized spacial score (nSPS) is 15.0. The Labute approximate surface area is 166 Å². The van der Waals surface area contributed by atoms with E-state index in [4.69, 9.17) is 9.47 Å². The number of morpholine rings is 1. The monoisotopic (exact) mass is 383 g/mol. The van der Waals surface area contributed by atoms with Crippen LogP contribution < -0.4 is 20.3 Å². The van der Waals surface area contributed by atoms with Crippen molar-refractivity contribution < 1.29 is 14.3 Å². The van der Waals surface area contributed by atoms with Gasteiger partial charge >= 0.3 is 0 Å². The van der Waals surface area contributed by atoms with E-state index in [0.717, 1.165) is 49.0 Å². The Hall–Kier alpha value is -2.73. The molecule has 0 aliphatic carbocycles. The van der Waals surface area contributed by atoms with Crippen molar-refractivity contribution in [3.63, 3.8) is 0 Å². The molecule has 6 heteroatoms. The summed E-state index contributed by atoms with van der Waals surface area (Å²) in [6.07, 6.45) is 0. The van der Waals surface area contributed by atoms with Crippen molar-refractivity contribution in [2.45, 2.75) is 19.9 Å². The van der Waals surface area contributed by atoms with Crippen LogP contribution in [0.15, 0.2) is 48.5 Å². The van der Waals surface area contributed by atoms with E-state index in [2.05, 4.69) is 27.7 Å². The molecule has 0 spiro atoms. The number of hydrogen-bond acceptors (Lipinski definition) is 5. The van der Waals surface area contributed by atoms with Crippen LogP contribution in [0, 0.1) is 6.92 Å². The molecule has 0 radical (unpaired) electrons. The molecule has 28 heavy (non-hydrogen) atoms. The SMILES string of the molecule is Cc1cccc(OCCNC(=O)C(C)Nc2cccc(N3CCOCC3)c2)c1. The van der Waals surface area contributed by atoms with Crippen molar-refractivity contribution in [1.82, 2.24) is 5.32 Å². The number of carbonyl (C=O) groups is 1. The number of ether oxygens (including phenoxy) is 2. The lowest BCUT2D eigenvalue weighted by atomic mass is 10.2. The molecule has 2 aromatic rings. The fourth-order valence-corrected chi connectivity index (χ4v) is 3.13. The molecule has 1 saturated heterocycles. The molecule has 1 aliphatic heterocycles. The predicted octanol–water partition coefficient (Wildman–Crippen LogP) is 2.83. The molecule has 0 bridgehead atoms. The molecule has 1 amide bonds. The van der Waals surface area contributed by atoms with Crippen molar-refractivity contribution >= 4 is 17.3 Å². The third kappa shape index (κ3) is 5.89. The zero-order valence-corrected chi connectivity index (χ0v) is 16.6. The number of nitrogens with one attached hydrogen (secondary N) is 2. The highest BCUT2D eigenvalue weighted by Gasteiger charge is 2.14. The smallest absolute Gasteiger partial charge is 0.242 e. The summed E-state index contributed by atoms with van der Waals surface area (Å²) < 4.78 is 11.1. The minimum absolute atomic E-state index is 0.0513. The molecule has 0 saturated carbocycles. The van der Waals surface area contributed by atoms with Crippen molar-refractivity contribution in [2.24, 2.45) is 0 Å². The van der Waals surface area contributed by atoms with Crippen molar-refractivity contribution in [2.75, 3.05) is 49.7 Å². The second-order valence-electron chi connectivity index (χ2n) is 6.97. The summed E-state index contributed by atoms with van der Waals surface area (Å²) in [5.74, 6) is 0.768. The first kappa shape index (κ1) is 20.0. The third-order valence-corrected chi connectivity index (χ3v) is 4.66. The Balaban J connectivity index is 1.43. The fraction of sp³-hybridized carbons (Fsp3) is 0.409. The summed E-state index contributed by atoms with van der Waals surface area (Å²) in [5.41, 5.74) is 3.23. The lowest BCUT2D eigenvalue weighted by Gasteiger charge is -2.29. The number of nitrogens with zero attached hydrogens (tertiary/aromatic N) is 1. The van der Waals surface area contributed by atoms with Crippen LogP contribution in [0.1, 0.15) is 12.5 Å². The zero-order valence-electron chi connectivity index (χ0n) is 16.6. The largest absolute Gasteiger partial charge is 0.492 e. The Morgan fingerprint density at radius 2 is 1.96 bits per heavy atom. The first-order chi connectivity index (χ1) is 13.6. The fourth-order valence-electron chi connectivity index (χ4n) is 3.13. The lowest BCUT2D eigenvalue weighted by molar-refractivity contribution is -0.121. The number of carbonyl (C=O) groups excluding carboxylic acids is 1. The van der Waals surface area contributed by atoms with Crippen LogP contribution >= 0.6 is 0 Å². The van der Waals surface area contributed by atoms with Gasteiger partial charge in [0.25, 0.3) is 0 Å². The number of rotatable bonds is 8. The molecule has 1 aliphatic rings. The lowest BCUT2D eigenvalue weighted by Crippen LogP contribution is -2.39. The van der Waals surface area contributed by atoms with Gasteiger partial charge in [-0.3, -0.25) is 4.79 Å². The molecule has 1 unspecified atom stereocenters. The maximum Gasteiger partial charge on any atom is 0.242 e. The second-order valence-corrected chi connectivity index (χ2v) is 6.97. The summed E-state index contributed by atoms with van der Waals surface area (Å²) in [6, 6.07) is 15.7. The standard InChI is InChI=1S/C22H29N3O3/c1-17-5-3-8-21(15-17)28-12-9-23-22(26)18(2)24-19-6-4-7-20(16-19)25-10-13-27-14-11-25/h3-8,15-16,18,24H,9-14H2,1-2H3,(H,23,26). The number of anilines is 2. The van der Waals surface area contributed by atoms with Crippen LogP contribution in [-0.2, 0) is 9.53 Å². The van der Waals surface area contributed by atoms with Gasteiger partial charge in [-0.05, 0) is 49.7 Å². The molecule has 1 heterocycles. The maximum absolute atomic E-state index is 12.3. The highest BCUT2D eigenvalue weighted by atomic mass is 16.5. The number of amides is 1. The van der Waals surface area contributed by atoms with Gasteiger partial charge in [-0.25, -0.2) is 0 Å². The van der Waals surface area contributed by atoms with Gasteiger partial charge in [0.2, 0.25) is 5.91 Å². The van der Waals surface area contributed by atoms with Gasteiger partial charge in [0, 0.05) is 24.5 Å². The quantitative estimate of drug-likeness (QED) is 0.687. The van der Waals surface area contributed by atoms with E-state index in [9.17, 15) is 4.79 Å². The molecule has 2 aromatic carbocycles. The summed E-state index contributed by atoms with van der Waals surface area (Å²) in [7, 11) is 0. The van der Waals surface area contributed by atoms with E-state index < -0.39 is 0 Å². The summed E-state index contributed by atoms with van der Waals surface area (Å²) >= 11 is 0. The topological polar surface area (TPSA) is 62.8 Å². The van der Waals surface area contributed by atoms with Gasteiger partial charge in [-0.1, -0.05) is 18.2 Å². The second kappa shape index (κ2) is 9.99. The molecular formula is C22H29N3O3. The van der Waals surface area contributed by atoms with Crippen molar-refractivity contribution in [3.8, 4) is 5.75 Å².